The summed E-state index contributed by atoms with van der Waals surface area (Å²) < 4.78 is 5.37. The third-order valence-electron chi connectivity index (χ3n) is 3.56. The highest BCUT2D eigenvalue weighted by atomic mass is 79.9. The van der Waals surface area contributed by atoms with Crippen LogP contribution < -0.4 is 0 Å². The summed E-state index contributed by atoms with van der Waals surface area (Å²) in [6, 6.07) is 19.2. The zero-order valence-corrected chi connectivity index (χ0v) is 12.8. The third kappa shape index (κ3) is 3.31. The Morgan fingerprint density at radius 1 is 0.950 bits per heavy atom. The molecule has 2 heteroatoms. The molecule has 102 valence electrons. The maximum Gasteiger partial charge on any atom is 0.103 e. The second kappa shape index (κ2) is 6.27. The van der Waals surface area contributed by atoms with Crippen LogP contribution in [0.4, 0.5) is 0 Å². The molecule has 0 saturated carbocycles. The summed E-state index contributed by atoms with van der Waals surface area (Å²) in [4.78, 5) is 0.480. The van der Waals surface area contributed by atoms with E-state index in [1.807, 2.05) is 12.1 Å². The van der Waals surface area contributed by atoms with Crippen molar-refractivity contribution in [2.75, 3.05) is 0 Å². The van der Waals surface area contributed by atoms with E-state index in [2.05, 4.69) is 58.4 Å². The van der Waals surface area contributed by atoms with Gasteiger partial charge >= 0.3 is 0 Å². The molecule has 0 radical (unpaired) electrons. The fourth-order valence-electron chi connectivity index (χ4n) is 2.48. The van der Waals surface area contributed by atoms with Crippen molar-refractivity contribution in [3.8, 4) is 0 Å². The molecule has 20 heavy (non-hydrogen) atoms. The largest absolute Gasteiger partial charge is 0.469 e. The molecule has 0 aliphatic carbocycles. The highest BCUT2D eigenvalue weighted by Gasteiger charge is 2.07. The summed E-state index contributed by atoms with van der Waals surface area (Å²) in [6.07, 6.45) is 4.85. The van der Waals surface area contributed by atoms with Crippen LogP contribution in [0.15, 0.2) is 65.3 Å². The molecule has 1 aromatic heterocycles. The first-order valence-electron chi connectivity index (χ1n) is 6.95. The van der Waals surface area contributed by atoms with Gasteiger partial charge in [-0.25, -0.2) is 0 Å². The van der Waals surface area contributed by atoms with Gasteiger partial charge in [0, 0.05) is 11.2 Å². The van der Waals surface area contributed by atoms with Gasteiger partial charge in [0.15, 0.2) is 0 Å². The van der Waals surface area contributed by atoms with Gasteiger partial charge in [0.1, 0.15) is 5.76 Å². The monoisotopic (exact) mass is 328 g/mol. The normalized spacial score (nSPS) is 12.7. The van der Waals surface area contributed by atoms with Crippen LogP contribution in [0.25, 0.3) is 10.8 Å². The minimum absolute atomic E-state index is 0.480. The molecule has 1 atom stereocenters. The molecular weight excluding hydrogens is 312 g/mol. The van der Waals surface area contributed by atoms with E-state index in [-0.39, 0.29) is 0 Å². The van der Waals surface area contributed by atoms with E-state index in [1.165, 1.54) is 16.3 Å². The topological polar surface area (TPSA) is 13.1 Å². The van der Waals surface area contributed by atoms with Crippen molar-refractivity contribution in [2.45, 2.75) is 24.1 Å². The number of alkyl halides is 1. The summed E-state index contributed by atoms with van der Waals surface area (Å²) in [5.41, 5.74) is 1.38. The first kappa shape index (κ1) is 13.4. The number of halogens is 1. The molecule has 0 saturated heterocycles. The van der Waals surface area contributed by atoms with Gasteiger partial charge in [-0.3, -0.25) is 0 Å². The van der Waals surface area contributed by atoms with Gasteiger partial charge < -0.3 is 4.42 Å². The third-order valence-corrected chi connectivity index (χ3v) is 4.34. The number of rotatable bonds is 5. The van der Waals surface area contributed by atoms with Gasteiger partial charge in [-0.05, 0) is 41.3 Å². The number of furan rings is 1. The molecule has 0 aliphatic heterocycles. The second-order valence-corrected chi connectivity index (χ2v) is 6.40. The van der Waals surface area contributed by atoms with Crippen LogP contribution in [0.1, 0.15) is 17.7 Å². The quantitative estimate of drug-likeness (QED) is 0.574. The van der Waals surface area contributed by atoms with Gasteiger partial charge in [-0.2, -0.15) is 0 Å². The molecule has 3 aromatic rings. The predicted molar refractivity (Wildman–Crippen MR) is 87.4 cm³/mol. The molecule has 0 bridgehead atoms. The number of benzene rings is 2. The Labute approximate surface area is 127 Å². The smallest absolute Gasteiger partial charge is 0.103 e. The van der Waals surface area contributed by atoms with E-state index < -0.39 is 0 Å². The molecule has 2 aromatic carbocycles. The molecule has 1 nitrogen and oxygen atoms in total. The fraction of sp³-hybridized carbons (Fsp3) is 0.222. The molecule has 0 aliphatic rings. The first-order chi connectivity index (χ1) is 9.81. The molecule has 0 N–H and O–H groups in total. The van der Waals surface area contributed by atoms with E-state index in [4.69, 9.17) is 4.42 Å². The van der Waals surface area contributed by atoms with E-state index in [0.29, 0.717) is 4.83 Å². The molecule has 0 spiro atoms. The first-order valence-corrected chi connectivity index (χ1v) is 7.87. The molecule has 0 amide bonds. The van der Waals surface area contributed by atoms with Crippen LogP contribution in [-0.2, 0) is 12.8 Å². The average molecular weight is 329 g/mol. The molecular formula is C18H17BrO. The fourth-order valence-corrected chi connectivity index (χ4v) is 3.08. The van der Waals surface area contributed by atoms with Crippen LogP contribution in [0.2, 0.25) is 0 Å². The second-order valence-electron chi connectivity index (χ2n) is 5.10. The lowest BCUT2D eigenvalue weighted by Gasteiger charge is -2.10. The van der Waals surface area contributed by atoms with Crippen molar-refractivity contribution < 1.29 is 4.42 Å². The average Bonchev–Trinajstić information content (AvgIpc) is 2.98. The Balaban J connectivity index is 1.63. The lowest BCUT2D eigenvalue weighted by Crippen LogP contribution is -2.04. The Morgan fingerprint density at radius 2 is 1.80 bits per heavy atom. The summed E-state index contributed by atoms with van der Waals surface area (Å²) >= 11 is 3.78. The van der Waals surface area contributed by atoms with Crippen LogP contribution in [0.5, 0.6) is 0 Å². The summed E-state index contributed by atoms with van der Waals surface area (Å²) in [5, 5.41) is 2.62. The van der Waals surface area contributed by atoms with Gasteiger partial charge in [-0.15, -0.1) is 0 Å². The number of hydrogen-bond donors (Lipinski definition) is 0. The summed E-state index contributed by atoms with van der Waals surface area (Å²) in [6.45, 7) is 0. The van der Waals surface area contributed by atoms with Crippen molar-refractivity contribution in [3.63, 3.8) is 0 Å². The maximum atomic E-state index is 5.37. The van der Waals surface area contributed by atoms with Gasteiger partial charge in [0.25, 0.3) is 0 Å². The van der Waals surface area contributed by atoms with Crippen molar-refractivity contribution in [2.24, 2.45) is 0 Å². The lowest BCUT2D eigenvalue weighted by molar-refractivity contribution is 0.500. The van der Waals surface area contributed by atoms with E-state index >= 15 is 0 Å². The lowest BCUT2D eigenvalue weighted by atomic mass is 10.0. The van der Waals surface area contributed by atoms with Crippen molar-refractivity contribution >= 4 is 26.7 Å². The van der Waals surface area contributed by atoms with E-state index in [1.54, 1.807) is 6.26 Å². The number of hydrogen-bond acceptors (Lipinski definition) is 1. The molecule has 1 heterocycles. The molecule has 3 rings (SSSR count). The van der Waals surface area contributed by atoms with Crippen molar-refractivity contribution in [1.29, 1.82) is 0 Å². The van der Waals surface area contributed by atoms with Crippen LogP contribution in [0, 0.1) is 0 Å². The van der Waals surface area contributed by atoms with Gasteiger partial charge in [-0.1, -0.05) is 58.4 Å². The summed E-state index contributed by atoms with van der Waals surface area (Å²) in [7, 11) is 0. The highest BCUT2D eigenvalue weighted by molar-refractivity contribution is 9.09. The van der Waals surface area contributed by atoms with Crippen LogP contribution in [0.3, 0.4) is 0 Å². The van der Waals surface area contributed by atoms with E-state index in [0.717, 1.165) is 25.0 Å². The molecule has 0 fully saturated rings. The van der Waals surface area contributed by atoms with E-state index in [9.17, 15) is 0 Å². The Morgan fingerprint density at radius 3 is 2.60 bits per heavy atom. The van der Waals surface area contributed by atoms with Crippen LogP contribution >= 0.6 is 15.9 Å². The molecule has 1 unspecified atom stereocenters. The maximum absolute atomic E-state index is 5.37. The minimum atomic E-state index is 0.480. The van der Waals surface area contributed by atoms with Gasteiger partial charge in [0.05, 0.1) is 6.26 Å². The number of aryl methyl sites for hydroxylation is 1. The zero-order chi connectivity index (χ0) is 13.8. The van der Waals surface area contributed by atoms with Crippen LogP contribution in [-0.4, -0.2) is 4.83 Å². The Hall–Kier alpha value is -1.54. The SMILES string of the molecule is BrC(CCc1ccco1)Cc1ccc2ccccc2c1. The Kier molecular flexibility index (Phi) is 4.22. The zero-order valence-electron chi connectivity index (χ0n) is 11.3. The van der Waals surface area contributed by atoms with Gasteiger partial charge in [0.2, 0.25) is 0 Å². The highest BCUT2D eigenvalue weighted by Crippen LogP contribution is 2.20. The standard InChI is InChI=1S/C18H17BrO/c19-17(9-10-18-6-3-11-20-18)13-14-7-8-15-4-1-2-5-16(15)12-14/h1-8,11-12,17H,9-10,13H2. The van der Waals surface area contributed by atoms with Crippen molar-refractivity contribution in [3.05, 3.63) is 72.2 Å². The predicted octanol–water partition coefficient (Wildman–Crippen LogP) is 5.37. The Bertz CT molecular complexity index is 673. The van der Waals surface area contributed by atoms with Crippen molar-refractivity contribution in [1.82, 2.24) is 0 Å². The number of fused-ring (bicyclic) bond motifs is 1. The summed E-state index contributed by atoms with van der Waals surface area (Å²) in [5.74, 6) is 1.06. The minimum Gasteiger partial charge on any atom is -0.469 e.